The molecule has 1 atom stereocenters. The summed E-state index contributed by atoms with van der Waals surface area (Å²) in [5.74, 6) is 0. The number of aromatic amines is 1. The highest BCUT2D eigenvalue weighted by Crippen LogP contribution is 2.27. The molecule has 1 aromatic carbocycles. The van der Waals surface area contributed by atoms with Gasteiger partial charge in [0.1, 0.15) is 0 Å². The van der Waals surface area contributed by atoms with E-state index in [2.05, 4.69) is 44.8 Å². The van der Waals surface area contributed by atoms with Crippen LogP contribution in [0.3, 0.4) is 0 Å². The smallest absolute Gasteiger partial charge is 0.0464 e. The molecular weight excluding hydrogens is 208 g/mol. The van der Waals surface area contributed by atoms with E-state index < -0.39 is 0 Å². The van der Waals surface area contributed by atoms with Gasteiger partial charge in [-0.3, -0.25) is 0 Å². The van der Waals surface area contributed by atoms with Gasteiger partial charge in [-0.15, -0.1) is 0 Å². The summed E-state index contributed by atoms with van der Waals surface area (Å²) < 4.78 is 0. The van der Waals surface area contributed by atoms with E-state index in [0.717, 1.165) is 12.8 Å². The van der Waals surface area contributed by atoms with Crippen molar-refractivity contribution in [3.05, 3.63) is 34.5 Å². The second-order valence-electron chi connectivity index (χ2n) is 5.25. The van der Waals surface area contributed by atoms with Crippen LogP contribution in [0.15, 0.2) is 12.1 Å². The standard InChI is InChI=1S/C15H22N2/c1-9-7-10(2)15-13(6-5-11(3)16)12(4)17-14(15)8-9/h7-8,11,17H,5-6,16H2,1-4H3. The minimum atomic E-state index is 0.269. The van der Waals surface area contributed by atoms with E-state index in [0.29, 0.717) is 0 Å². The monoisotopic (exact) mass is 230 g/mol. The van der Waals surface area contributed by atoms with Crippen molar-refractivity contribution in [2.45, 2.75) is 46.6 Å². The minimum absolute atomic E-state index is 0.269. The van der Waals surface area contributed by atoms with Crippen LogP contribution in [-0.2, 0) is 6.42 Å². The number of H-pyrrole nitrogens is 1. The number of nitrogens with one attached hydrogen (secondary N) is 1. The minimum Gasteiger partial charge on any atom is -0.358 e. The van der Waals surface area contributed by atoms with Gasteiger partial charge in [-0.2, -0.15) is 0 Å². The fourth-order valence-electron chi connectivity index (χ4n) is 2.62. The van der Waals surface area contributed by atoms with Crippen LogP contribution in [0.25, 0.3) is 10.9 Å². The molecule has 0 radical (unpaired) electrons. The van der Waals surface area contributed by atoms with Crippen molar-refractivity contribution in [1.29, 1.82) is 0 Å². The van der Waals surface area contributed by atoms with Gasteiger partial charge in [-0.1, -0.05) is 6.07 Å². The maximum Gasteiger partial charge on any atom is 0.0464 e. The van der Waals surface area contributed by atoms with E-state index in [9.17, 15) is 0 Å². The fraction of sp³-hybridized carbons (Fsp3) is 0.467. The zero-order chi connectivity index (χ0) is 12.6. The number of benzene rings is 1. The van der Waals surface area contributed by atoms with Crippen LogP contribution < -0.4 is 5.73 Å². The lowest BCUT2D eigenvalue weighted by molar-refractivity contribution is 0.666. The van der Waals surface area contributed by atoms with Gasteiger partial charge in [0, 0.05) is 22.6 Å². The molecule has 92 valence electrons. The first-order valence-electron chi connectivity index (χ1n) is 6.33. The Kier molecular flexibility index (Phi) is 3.25. The second kappa shape index (κ2) is 4.53. The molecule has 2 heteroatoms. The first-order valence-corrected chi connectivity index (χ1v) is 6.33. The predicted octanol–water partition coefficient (Wildman–Crippen LogP) is 3.37. The van der Waals surface area contributed by atoms with Crippen molar-refractivity contribution in [3.63, 3.8) is 0 Å². The maximum absolute atomic E-state index is 5.86. The lowest BCUT2D eigenvalue weighted by Gasteiger charge is -2.07. The van der Waals surface area contributed by atoms with E-state index in [1.54, 1.807) is 0 Å². The van der Waals surface area contributed by atoms with Crippen LogP contribution in [0.1, 0.15) is 35.7 Å². The summed E-state index contributed by atoms with van der Waals surface area (Å²) >= 11 is 0. The Bertz CT molecular complexity index is 535. The zero-order valence-corrected chi connectivity index (χ0v) is 11.2. The van der Waals surface area contributed by atoms with Crippen molar-refractivity contribution in [2.24, 2.45) is 5.73 Å². The summed E-state index contributed by atoms with van der Waals surface area (Å²) in [6.45, 7) is 8.56. The van der Waals surface area contributed by atoms with Crippen molar-refractivity contribution >= 4 is 10.9 Å². The van der Waals surface area contributed by atoms with Crippen LogP contribution in [0, 0.1) is 20.8 Å². The van der Waals surface area contributed by atoms with E-state index >= 15 is 0 Å². The molecule has 17 heavy (non-hydrogen) atoms. The first-order chi connectivity index (χ1) is 7.99. The summed E-state index contributed by atoms with van der Waals surface area (Å²) in [6, 6.07) is 4.75. The average Bonchev–Trinajstić information content (AvgIpc) is 2.51. The van der Waals surface area contributed by atoms with Crippen molar-refractivity contribution in [2.75, 3.05) is 0 Å². The lowest BCUT2D eigenvalue weighted by Crippen LogP contribution is -2.15. The molecule has 0 fully saturated rings. The summed E-state index contributed by atoms with van der Waals surface area (Å²) in [6.07, 6.45) is 2.11. The van der Waals surface area contributed by atoms with Crippen LogP contribution in [0.4, 0.5) is 0 Å². The van der Waals surface area contributed by atoms with Gasteiger partial charge in [0.2, 0.25) is 0 Å². The summed E-state index contributed by atoms with van der Waals surface area (Å²) in [4.78, 5) is 3.49. The molecule has 1 heterocycles. The molecule has 0 bridgehead atoms. The van der Waals surface area contributed by atoms with Crippen molar-refractivity contribution < 1.29 is 0 Å². The largest absolute Gasteiger partial charge is 0.358 e. The second-order valence-corrected chi connectivity index (χ2v) is 5.25. The average molecular weight is 230 g/mol. The van der Waals surface area contributed by atoms with Crippen LogP contribution in [0.5, 0.6) is 0 Å². The van der Waals surface area contributed by atoms with Crippen molar-refractivity contribution in [3.8, 4) is 0 Å². The van der Waals surface area contributed by atoms with Gasteiger partial charge in [0.25, 0.3) is 0 Å². The van der Waals surface area contributed by atoms with Gasteiger partial charge < -0.3 is 10.7 Å². The number of hydrogen-bond acceptors (Lipinski definition) is 1. The number of aromatic nitrogens is 1. The zero-order valence-electron chi connectivity index (χ0n) is 11.2. The van der Waals surface area contributed by atoms with Gasteiger partial charge in [0.15, 0.2) is 0 Å². The quantitative estimate of drug-likeness (QED) is 0.834. The summed E-state index contributed by atoms with van der Waals surface area (Å²) in [5.41, 5.74) is 12.5. The highest BCUT2D eigenvalue weighted by atomic mass is 14.7. The number of nitrogens with two attached hydrogens (primary N) is 1. The molecule has 2 rings (SSSR count). The molecule has 2 aromatic rings. The molecule has 0 spiro atoms. The molecule has 0 saturated heterocycles. The van der Waals surface area contributed by atoms with Crippen LogP contribution in [0.2, 0.25) is 0 Å². The molecule has 1 unspecified atom stereocenters. The number of aryl methyl sites for hydroxylation is 4. The van der Waals surface area contributed by atoms with Crippen LogP contribution >= 0.6 is 0 Å². The van der Waals surface area contributed by atoms with Gasteiger partial charge >= 0.3 is 0 Å². The normalized spacial score (nSPS) is 13.2. The Balaban J connectivity index is 2.51. The third-order valence-corrected chi connectivity index (χ3v) is 3.41. The topological polar surface area (TPSA) is 41.8 Å². The Morgan fingerprint density at radius 3 is 2.59 bits per heavy atom. The molecular formula is C15H22N2. The van der Waals surface area contributed by atoms with Crippen LogP contribution in [-0.4, -0.2) is 11.0 Å². The van der Waals surface area contributed by atoms with Gasteiger partial charge in [0.05, 0.1) is 0 Å². The molecule has 0 aliphatic heterocycles. The molecule has 0 amide bonds. The van der Waals surface area contributed by atoms with Crippen molar-refractivity contribution in [1.82, 2.24) is 4.98 Å². The molecule has 1 aromatic heterocycles. The summed E-state index contributed by atoms with van der Waals surface area (Å²) in [7, 11) is 0. The highest BCUT2D eigenvalue weighted by Gasteiger charge is 2.11. The Labute approximate surface area is 103 Å². The number of hydrogen-bond donors (Lipinski definition) is 2. The number of fused-ring (bicyclic) bond motifs is 1. The lowest BCUT2D eigenvalue weighted by atomic mass is 9.99. The third kappa shape index (κ3) is 2.37. The maximum atomic E-state index is 5.86. The Morgan fingerprint density at radius 2 is 1.94 bits per heavy atom. The highest BCUT2D eigenvalue weighted by molar-refractivity contribution is 5.88. The molecule has 0 aliphatic carbocycles. The molecule has 0 aliphatic rings. The molecule has 0 saturated carbocycles. The predicted molar refractivity (Wildman–Crippen MR) is 74.5 cm³/mol. The third-order valence-electron chi connectivity index (χ3n) is 3.41. The van der Waals surface area contributed by atoms with Gasteiger partial charge in [-0.05, 0) is 63.3 Å². The Hall–Kier alpha value is -1.28. The van der Waals surface area contributed by atoms with Gasteiger partial charge in [-0.25, -0.2) is 0 Å². The van der Waals surface area contributed by atoms with E-state index in [1.165, 1.54) is 33.3 Å². The SMILES string of the molecule is Cc1cc(C)c2c(CCC(C)N)c(C)[nH]c2c1. The van der Waals surface area contributed by atoms with E-state index in [4.69, 9.17) is 5.73 Å². The van der Waals surface area contributed by atoms with E-state index in [-0.39, 0.29) is 6.04 Å². The molecule has 2 nitrogen and oxygen atoms in total. The van der Waals surface area contributed by atoms with E-state index in [1.807, 2.05) is 0 Å². The molecule has 3 N–H and O–H groups in total. The Morgan fingerprint density at radius 1 is 1.24 bits per heavy atom. The number of rotatable bonds is 3. The summed E-state index contributed by atoms with van der Waals surface area (Å²) in [5, 5.41) is 1.40. The first kappa shape index (κ1) is 12.2. The fourth-order valence-corrected chi connectivity index (χ4v) is 2.62.